The van der Waals surface area contributed by atoms with E-state index < -0.39 is 0 Å². The SMILES string of the molecule is CC#CCC(N)CSC(C)C. The summed E-state index contributed by atoms with van der Waals surface area (Å²) >= 11 is 1.90. The fraction of sp³-hybridized carbons (Fsp3) is 0.778. The Morgan fingerprint density at radius 1 is 1.45 bits per heavy atom. The number of rotatable bonds is 4. The van der Waals surface area contributed by atoms with E-state index in [1.54, 1.807) is 0 Å². The number of hydrogen-bond acceptors (Lipinski definition) is 2. The molecule has 0 bridgehead atoms. The first-order valence-corrected chi connectivity index (χ1v) is 4.98. The van der Waals surface area contributed by atoms with Gasteiger partial charge in [0.2, 0.25) is 0 Å². The lowest BCUT2D eigenvalue weighted by Crippen LogP contribution is -2.22. The molecule has 0 saturated heterocycles. The highest BCUT2D eigenvalue weighted by molar-refractivity contribution is 7.99. The van der Waals surface area contributed by atoms with Crippen LogP contribution in [0.3, 0.4) is 0 Å². The zero-order chi connectivity index (χ0) is 8.69. The summed E-state index contributed by atoms with van der Waals surface area (Å²) < 4.78 is 0. The molecule has 0 fully saturated rings. The number of hydrogen-bond donors (Lipinski definition) is 1. The topological polar surface area (TPSA) is 26.0 Å². The molecule has 0 heterocycles. The molecule has 11 heavy (non-hydrogen) atoms. The second-order valence-corrected chi connectivity index (χ2v) is 4.38. The predicted molar refractivity (Wildman–Crippen MR) is 53.6 cm³/mol. The molecule has 0 aromatic carbocycles. The van der Waals surface area contributed by atoms with Gasteiger partial charge in [0.15, 0.2) is 0 Å². The average Bonchev–Trinajstić information content (AvgIpc) is 1.97. The van der Waals surface area contributed by atoms with E-state index >= 15 is 0 Å². The van der Waals surface area contributed by atoms with Crippen molar-refractivity contribution in [2.24, 2.45) is 5.73 Å². The van der Waals surface area contributed by atoms with Crippen molar-refractivity contribution in [3.8, 4) is 11.8 Å². The van der Waals surface area contributed by atoms with Crippen molar-refractivity contribution >= 4 is 11.8 Å². The number of thioether (sulfide) groups is 1. The molecule has 2 N–H and O–H groups in total. The average molecular weight is 171 g/mol. The second-order valence-electron chi connectivity index (χ2n) is 2.77. The van der Waals surface area contributed by atoms with E-state index in [0.717, 1.165) is 12.2 Å². The lowest BCUT2D eigenvalue weighted by atomic mass is 10.2. The predicted octanol–water partition coefficient (Wildman–Crippen LogP) is 1.87. The Balaban J connectivity index is 3.34. The van der Waals surface area contributed by atoms with Crippen molar-refractivity contribution in [2.45, 2.75) is 38.5 Å². The van der Waals surface area contributed by atoms with Gasteiger partial charge in [-0.25, -0.2) is 0 Å². The molecule has 0 rings (SSSR count). The summed E-state index contributed by atoms with van der Waals surface area (Å²) in [7, 11) is 0. The molecule has 0 aliphatic carbocycles. The van der Waals surface area contributed by atoms with Crippen LogP contribution in [-0.4, -0.2) is 17.0 Å². The van der Waals surface area contributed by atoms with Crippen molar-refractivity contribution < 1.29 is 0 Å². The minimum absolute atomic E-state index is 0.245. The van der Waals surface area contributed by atoms with Gasteiger partial charge in [-0.05, 0) is 12.2 Å². The van der Waals surface area contributed by atoms with E-state index in [4.69, 9.17) is 5.73 Å². The Bertz CT molecular complexity index is 143. The second kappa shape index (κ2) is 6.57. The van der Waals surface area contributed by atoms with Gasteiger partial charge in [-0.15, -0.1) is 11.8 Å². The Morgan fingerprint density at radius 3 is 2.55 bits per heavy atom. The van der Waals surface area contributed by atoms with Gasteiger partial charge in [-0.2, -0.15) is 11.8 Å². The van der Waals surface area contributed by atoms with Crippen LogP contribution in [0.2, 0.25) is 0 Å². The van der Waals surface area contributed by atoms with Crippen LogP contribution in [0.25, 0.3) is 0 Å². The van der Waals surface area contributed by atoms with Crippen molar-refractivity contribution in [3.63, 3.8) is 0 Å². The minimum Gasteiger partial charge on any atom is -0.326 e. The molecule has 0 aliphatic rings. The summed E-state index contributed by atoms with van der Waals surface area (Å²) in [6.45, 7) is 6.22. The Hall–Kier alpha value is -0.130. The third kappa shape index (κ3) is 7.77. The number of nitrogens with two attached hydrogens (primary N) is 1. The fourth-order valence-electron chi connectivity index (χ4n) is 0.608. The zero-order valence-corrected chi connectivity index (χ0v) is 8.37. The van der Waals surface area contributed by atoms with Gasteiger partial charge in [-0.3, -0.25) is 0 Å². The molecule has 0 aromatic heterocycles. The van der Waals surface area contributed by atoms with Crippen LogP contribution in [0, 0.1) is 11.8 Å². The van der Waals surface area contributed by atoms with Crippen LogP contribution in [0.4, 0.5) is 0 Å². The first kappa shape index (κ1) is 10.9. The summed E-state index contributed by atoms with van der Waals surface area (Å²) in [5, 5.41) is 0.677. The van der Waals surface area contributed by atoms with Crippen LogP contribution in [0.1, 0.15) is 27.2 Å². The monoisotopic (exact) mass is 171 g/mol. The summed E-state index contributed by atoms with van der Waals surface area (Å²) in [4.78, 5) is 0. The fourth-order valence-corrected chi connectivity index (χ4v) is 1.36. The quantitative estimate of drug-likeness (QED) is 0.653. The first-order valence-electron chi connectivity index (χ1n) is 3.93. The maximum atomic E-state index is 5.78. The molecule has 0 amide bonds. The lowest BCUT2D eigenvalue weighted by Gasteiger charge is -2.09. The molecule has 0 aliphatic heterocycles. The van der Waals surface area contributed by atoms with Crippen LogP contribution >= 0.6 is 11.8 Å². The normalized spacial score (nSPS) is 12.5. The third-order valence-corrected chi connectivity index (χ3v) is 2.47. The molecule has 1 atom stereocenters. The summed E-state index contributed by atoms with van der Waals surface area (Å²) in [6, 6.07) is 0.245. The molecular weight excluding hydrogens is 154 g/mol. The van der Waals surface area contributed by atoms with Crippen LogP contribution in [0.15, 0.2) is 0 Å². The smallest absolute Gasteiger partial charge is 0.0249 e. The molecule has 0 aromatic rings. The highest BCUT2D eigenvalue weighted by Gasteiger charge is 2.01. The van der Waals surface area contributed by atoms with Gasteiger partial charge in [-0.1, -0.05) is 13.8 Å². The Kier molecular flexibility index (Phi) is 6.49. The van der Waals surface area contributed by atoms with E-state index in [-0.39, 0.29) is 6.04 Å². The van der Waals surface area contributed by atoms with Crippen molar-refractivity contribution in [2.75, 3.05) is 5.75 Å². The van der Waals surface area contributed by atoms with E-state index in [9.17, 15) is 0 Å². The maximum Gasteiger partial charge on any atom is 0.0249 e. The van der Waals surface area contributed by atoms with Crippen molar-refractivity contribution in [1.82, 2.24) is 0 Å². The molecule has 2 heteroatoms. The van der Waals surface area contributed by atoms with Gasteiger partial charge in [0, 0.05) is 18.2 Å². The molecule has 1 unspecified atom stereocenters. The maximum absolute atomic E-state index is 5.78. The van der Waals surface area contributed by atoms with Crippen LogP contribution < -0.4 is 5.73 Å². The molecular formula is C9H17NS. The van der Waals surface area contributed by atoms with Crippen LogP contribution in [-0.2, 0) is 0 Å². The van der Waals surface area contributed by atoms with E-state index in [2.05, 4.69) is 25.7 Å². The standard InChI is InChI=1S/C9H17NS/c1-4-5-6-9(10)7-11-8(2)3/h8-9H,6-7,10H2,1-3H3. The van der Waals surface area contributed by atoms with Gasteiger partial charge < -0.3 is 5.73 Å². The van der Waals surface area contributed by atoms with Gasteiger partial charge in [0.05, 0.1) is 0 Å². The molecule has 64 valence electrons. The summed E-state index contributed by atoms with van der Waals surface area (Å²) in [6.07, 6.45) is 0.830. The largest absolute Gasteiger partial charge is 0.326 e. The van der Waals surface area contributed by atoms with E-state index in [1.165, 1.54) is 0 Å². The van der Waals surface area contributed by atoms with Crippen molar-refractivity contribution in [1.29, 1.82) is 0 Å². The zero-order valence-electron chi connectivity index (χ0n) is 7.55. The van der Waals surface area contributed by atoms with Crippen LogP contribution in [0.5, 0.6) is 0 Å². The Morgan fingerprint density at radius 2 is 2.09 bits per heavy atom. The van der Waals surface area contributed by atoms with Gasteiger partial charge in [0.1, 0.15) is 0 Å². The van der Waals surface area contributed by atoms with Crippen molar-refractivity contribution in [3.05, 3.63) is 0 Å². The van der Waals surface area contributed by atoms with Gasteiger partial charge in [0.25, 0.3) is 0 Å². The Labute approximate surface area is 74.1 Å². The molecule has 0 radical (unpaired) electrons. The first-order chi connectivity index (χ1) is 5.16. The van der Waals surface area contributed by atoms with Gasteiger partial charge >= 0.3 is 0 Å². The highest BCUT2D eigenvalue weighted by Crippen LogP contribution is 2.10. The molecule has 0 saturated carbocycles. The summed E-state index contributed by atoms with van der Waals surface area (Å²) in [5.41, 5.74) is 5.78. The summed E-state index contributed by atoms with van der Waals surface area (Å²) in [5.74, 6) is 6.85. The molecule has 0 spiro atoms. The highest BCUT2D eigenvalue weighted by atomic mass is 32.2. The lowest BCUT2D eigenvalue weighted by molar-refractivity contribution is 0.780. The third-order valence-electron chi connectivity index (χ3n) is 1.18. The van der Waals surface area contributed by atoms with E-state index in [0.29, 0.717) is 5.25 Å². The molecule has 1 nitrogen and oxygen atoms in total. The van der Waals surface area contributed by atoms with E-state index in [1.807, 2.05) is 18.7 Å². The minimum atomic E-state index is 0.245.